The van der Waals surface area contributed by atoms with Crippen molar-refractivity contribution in [1.82, 2.24) is 61.8 Å². The average molecular weight is 1390 g/mol. The molecule has 29 heteroatoms. The van der Waals surface area contributed by atoms with E-state index in [2.05, 4.69) is 88.4 Å². The summed E-state index contributed by atoms with van der Waals surface area (Å²) in [6, 6.07) is 12.5. The van der Waals surface area contributed by atoms with Gasteiger partial charge in [0.05, 0.1) is 48.4 Å². The van der Waals surface area contributed by atoms with Crippen molar-refractivity contribution in [3.8, 4) is 11.5 Å². The summed E-state index contributed by atoms with van der Waals surface area (Å²) in [5.41, 5.74) is 6.93. The first-order chi connectivity index (χ1) is 45.3. The van der Waals surface area contributed by atoms with E-state index in [-0.39, 0.29) is 47.3 Å². The van der Waals surface area contributed by atoms with E-state index >= 15 is 0 Å². The van der Waals surface area contributed by atoms with Gasteiger partial charge in [0.2, 0.25) is 46.8 Å². The van der Waals surface area contributed by atoms with Crippen LogP contribution < -0.4 is 73.7 Å². The number of urea groups is 2. The van der Waals surface area contributed by atoms with E-state index in [0.29, 0.717) is 106 Å². The van der Waals surface area contributed by atoms with Gasteiger partial charge in [0, 0.05) is 77.9 Å². The minimum absolute atomic E-state index is 0.0330. The van der Waals surface area contributed by atoms with Crippen molar-refractivity contribution in [3.05, 3.63) is 51.7 Å². The number of hydrogen-bond donors (Lipinski definition) is 12. The molecule has 512 valence electrons. The third kappa shape index (κ3) is 25.3. The minimum atomic E-state index is -0.0499. The van der Waals surface area contributed by atoms with Crippen molar-refractivity contribution in [2.45, 2.75) is 214 Å². The average Bonchev–Trinajstić information content (AvgIpc) is 1.74. The Morgan fingerprint density at radius 2 is 0.957 bits per heavy atom. The zero-order valence-corrected chi connectivity index (χ0v) is 57.8. The van der Waals surface area contributed by atoms with Crippen LogP contribution in [0.4, 0.5) is 50.7 Å². The molecular weight excluding hydrogens is 1290 g/mol. The summed E-state index contributed by atoms with van der Waals surface area (Å²) in [7, 11) is 3.16. The molecule has 6 fully saturated rings. The number of nitrogens with two attached hydrogens (primary N) is 1. The second-order valence-electron chi connectivity index (χ2n) is 24.4. The molecule has 2 aromatic carbocycles. The van der Waals surface area contributed by atoms with Crippen LogP contribution in [0.15, 0.2) is 36.4 Å². The molecule has 6 unspecified atom stereocenters. The van der Waals surface area contributed by atoms with Crippen molar-refractivity contribution in [2.24, 2.45) is 5.73 Å². The van der Waals surface area contributed by atoms with Crippen LogP contribution in [0.5, 0.6) is 11.5 Å². The van der Waals surface area contributed by atoms with Gasteiger partial charge >= 0.3 is 12.1 Å². The number of aromatic nitrogens is 6. The second kappa shape index (κ2) is 39.8. The third-order valence-electron chi connectivity index (χ3n) is 17.3. The number of hydrogen-bond acceptors (Lipinski definition) is 20. The molecule has 6 atom stereocenters. The second-order valence-corrected chi connectivity index (χ2v) is 28.1. The first kappa shape index (κ1) is 72.9. The SMILES string of the molecule is COc1ccc(Nc2nc(Cl)nc(NC3CCCCCC3)n2)cc1Cl.COc1ccc(Nc2nc(NCCCCCNC(=O)CCCCC3SCC4NC(=O)NC43)nc(NC3CCCCCC3)n2)cc1Cl.NCCCCCNC(=O)CCCCC1SCC2NC(=O)NC21. The van der Waals surface area contributed by atoms with E-state index in [1.165, 1.54) is 51.4 Å². The van der Waals surface area contributed by atoms with Crippen LogP contribution in [-0.2, 0) is 9.59 Å². The van der Waals surface area contributed by atoms with Gasteiger partial charge < -0.3 is 73.7 Å². The molecule has 2 aliphatic carbocycles. The molecule has 0 bridgehead atoms. The molecule has 24 nitrogen and oxygen atoms in total. The highest BCUT2D eigenvalue weighted by Crippen LogP contribution is 2.36. The Bertz CT molecular complexity index is 2970. The number of anilines is 7. The Kier molecular flexibility index (Phi) is 31.2. The zero-order valence-electron chi connectivity index (χ0n) is 53.9. The quantitative estimate of drug-likeness (QED) is 0.0123. The van der Waals surface area contributed by atoms with E-state index in [0.717, 1.165) is 139 Å². The number of fused-ring (bicyclic) bond motifs is 2. The lowest BCUT2D eigenvalue weighted by Gasteiger charge is -2.17. The Morgan fingerprint density at radius 3 is 1.43 bits per heavy atom. The summed E-state index contributed by atoms with van der Waals surface area (Å²) in [5, 5.41) is 36.7. The molecule has 0 radical (unpaired) electrons. The molecule has 4 aromatic rings. The monoisotopic (exact) mass is 1380 g/mol. The molecule has 10 rings (SSSR count). The molecule has 6 amide bonds. The van der Waals surface area contributed by atoms with Gasteiger partial charge in [-0.05, 0) is 138 Å². The maximum Gasteiger partial charge on any atom is 0.315 e. The van der Waals surface area contributed by atoms with Gasteiger partial charge in [0.1, 0.15) is 11.5 Å². The third-order valence-corrected chi connectivity index (χ3v) is 21.0. The molecule has 6 heterocycles. The summed E-state index contributed by atoms with van der Waals surface area (Å²) in [6.45, 7) is 2.88. The number of unbranched alkanes of at least 4 members (excludes halogenated alkanes) is 6. The van der Waals surface area contributed by atoms with Crippen molar-refractivity contribution < 1.29 is 28.7 Å². The van der Waals surface area contributed by atoms with Crippen LogP contribution in [0.3, 0.4) is 0 Å². The lowest BCUT2D eigenvalue weighted by atomic mass is 10.0. The number of rotatable bonds is 32. The summed E-state index contributed by atoms with van der Waals surface area (Å²) < 4.78 is 10.4. The number of thioether (sulfide) groups is 2. The fourth-order valence-electron chi connectivity index (χ4n) is 12.3. The van der Waals surface area contributed by atoms with Crippen molar-refractivity contribution >= 4 is 123 Å². The van der Waals surface area contributed by atoms with E-state index in [1.54, 1.807) is 38.5 Å². The number of amides is 6. The molecule has 2 saturated carbocycles. The zero-order chi connectivity index (χ0) is 65.6. The van der Waals surface area contributed by atoms with Gasteiger partial charge in [-0.15, -0.1) is 0 Å². The highest BCUT2D eigenvalue weighted by Gasteiger charge is 2.43. The van der Waals surface area contributed by atoms with Gasteiger partial charge in [-0.2, -0.15) is 53.4 Å². The first-order valence-electron chi connectivity index (χ1n) is 33.6. The normalized spacial score (nSPS) is 20.8. The molecule has 2 aromatic heterocycles. The molecular formula is C64H97Cl3N18O6S2. The Morgan fingerprint density at radius 1 is 0.527 bits per heavy atom. The summed E-state index contributed by atoms with van der Waals surface area (Å²) in [4.78, 5) is 73.5. The van der Waals surface area contributed by atoms with Crippen LogP contribution in [0, 0.1) is 0 Å². The van der Waals surface area contributed by atoms with E-state index in [4.69, 9.17) is 50.0 Å². The number of carbonyl (C=O) groups is 4. The molecule has 4 saturated heterocycles. The Labute approximate surface area is 571 Å². The van der Waals surface area contributed by atoms with Gasteiger partial charge in [-0.3, -0.25) is 9.59 Å². The molecule has 0 spiro atoms. The fourth-order valence-corrected chi connectivity index (χ4v) is 16.0. The maximum atomic E-state index is 12.3. The number of ether oxygens (including phenoxy) is 2. The van der Waals surface area contributed by atoms with Crippen LogP contribution in [-0.4, -0.2) is 152 Å². The number of nitrogens with one attached hydrogen (secondary N) is 11. The van der Waals surface area contributed by atoms with Crippen LogP contribution >= 0.6 is 58.3 Å². The summed E-state index contributed by atoms with van der Waals surface area (Å²) in [5.74, 6) is 5.82. The van der Waals surface area contributed by atoms with Gasteiger partial charge in [0.15, 0.2) is 0 Å². The number of benzene rings is 2. The molecule has 93 heavy (non-hydrogen) atoms. The number of halogens is 3. The number of nitrogens with zero attached hydrogens (tertiary/aromatic N) is 6. The number of carbonyl (C=O) groups excluding carboxylic acids is 4. The smallest absolute Gasteiger partial charge is 0.315 e. The van der Waals surface area contributed by atoms with Gasteiger partial charge in [-0.25, -0.2) is 9.59 Å². The standard InChI is InChI=1S/C32H48ClN9O3S.C17H21Cl2N5O.C15H28N4O2S/c1-45-25-16-15-22(19-23(25)33)37-31-41-29(40-30(42-31)36-21-11-5-2-3-6-12-21)35-18-10-4-9-17-34-27(43)14-8-7-13-26-28-24(20-46-26)38-32(44)39-28;1-25-14-9-8-12(10-13(14)18)21-17-23-15(19)22-16(24-17)20-11-6-4-2-3-5-7-11;16-8-4-1-5-9-17-13(20)7-3-2-6-12-14-11(10-22-12)18-15(21)19-14/h15-16,19,21,24,26,28H,2-14,17-18,20H2,1H3,(H,34,43)(H2,38,39,44)(H3,35,36,37,40,41,42);8-11H,2-7H2,1H3,(H2,20,21,22,23,24);11-12,14H,1-10,16H2,(H,17,20)(H2,18,19,21). The highest BCUT2D eigenvalue weighted by molar-refractivity contribution is 8.00. The largest absolute Gasteiger partial charge is 0.495 e. The maximum absolute atomic E-state index is 12.3. The van der Waals surface area contributed by atoms with E-state index in [9.17, 15) is 19.2 Å². The predicted octanol–water partition coefficient (Wildman–Crippen LogP) is 11.9. The van der Waals surface area contributed by atoms with Crippen molar-refractivity contribution in [3.63, 3.8) is 0 Å². The Balaban J connectivity index is 0.000000198. The van der Waals surface area contributed by atoms with Crippen molar-refractivity contribution in [2.75, 3.05) is 78.5 Å². The topological polar surface area (TPSA) is 322 Å². The van der Waals surface area contributed by atoms with Gasteiger partial charge in [0.25, 0.3) is 0 Å². The summed E-state index contributed by atoms with van der Waals surface area (Å²) in [6.07, 6.45) is 27.5. The minimum Gasteiger partial charge on any atom is -0.495 e. The summed E-state index contributed by atoms with van der Waals surface area (Å²) >= 11 is 22.4. The Hall–Kier alpha value is -5.93. The predicted molar refractivity (Wildman–Crippen MR) is 377 cm³/mol. The van der Waals surface area contributed by atoms with E-state index in [1.807, 2.05) is 35.7 Å². The van der Waals surface area contributed by atoms with E-state index < -0.39 is 0 Å². The lowest BCUT2D eigenvalue weighted by Crippen LogP contribution is -2.36. The van der Waals surface area contributed by atoms with Crippen LogP contribution in [0.2, 0.25) is 15.3 Å². The lowest BCUT2D eigenvalue weighted by molar-refractivity contribution is -0.122. The fraction of sp³-hybridized carbons (Fsp3) is 0.656. The number of methoxy groups -OCH3 is 2. The first-order valence-corrected chi connectivity index (χ1v) is 36.8. The van der Waals surface area contributed by atoms with Crippen LogP contribution in [0.1, 0.15) is 167 Å². The molecule has 6 aliphatic rings. The molecule has 13 N–H and O–H groups in total. The molecule has 4 aliphatic heterocycles. The van der Waals surface area contributed by atoms with Crippen LogP contribution in [0.25, 0.3) is 0 Å². The van der Waals surface area contributed by atoms with Crippen molar-refractivity contribution in [1.29, 1.82) is 0 Å². The highest BCUT2D eigenvalue weighted by atomic mass is 35.5. The van der Waals surface area contributed by atoms with Gasteiger partial charge in [-0.1, -0.05) is 93.8 Å².